The number of ether oxygens (including phenoxy) is 1. The second-order valence-corrected chi connectivity index (χ2v) is 9.46. The Hall–Kier alpha value is -0.830. The molecule has 0 aromatic heterocycles. The number of alkyl halides is 2. The Kier molecular flexibility index (Phi) is 8.44. The van der Waals surface area contributed by atoms with E-state index in [9.17, 15) is 8.78 Å². The lowest BCUT2D eigenvalue weighted by Gasteiger charge is -2.38. The highest BCUT2D eigenvalue weighted by molar-refractivity contribution is 6.30. The van der Waals surface area contributed by atoms with Crippen molar-refractivity contribution in [2.24, 2.45) is 23.7 Å². The van der Waals surface area contributed by atoms with Gasteiger partial charge in [-0.05, 0) is 79.9 Å². The maximum absolute atomic E-state index is 12.6. The van der Waals surface area contributed by atoms with E-state index < -0.39 is 6.61 Å². The van der Waals surface area contributed by atoms with Gasteiger partial charge in [0.25, 0.3) is 0 Å². The van der Waals surface area contributed by atoms with E-state index >= 15 is 0 Å². The lowest BCUT2D eigenvalue weighted by Crippen LogP contribution is -2.26. The first kappa shape index (κ1) is 21.9. The summed E-state index contributed by atoms with van der Waals surface area (Å²) in [4.78, 5) is 0. The van der Waals surface area contributed by atoms with Crippen molar-refractivity contribution in [2.75, 3.05) is 0 Å². The van der Waals surface area contributed by atoms with Gasteiger partial charge in [0.2, 0.25) is 0 Å². The largest absolute Gasteiger partial charge is 0.434 e. The summed E-state index contributed by atoms with van der Waals surface area (Å²) >= 11 is 5.94. The summed E-state index contributed by atoms with van der Waals surface area (Å²) in [5, 5.41) is 0.438. The van der Waals surface area contributed by atoms with Gasteiger partial charge in [-0.3, -0.25) is 0 Å². The van der Waals surface area contributed by atoms with Crippen molar-refractivity contribution < 1.29 is 13.5 Å². The number of halogens is 3. The molecule has 158 valence electrons. The van der Waals surface area contributed by atoms with Crippen molar-refractivity contribution in [3.05, 3.63) is 28.8 Å². The molecule has 2 aliphatic rings. The van der Waals surface area contributed by atoms with Crippen molar-refractivity contribution in [3.63, 3.8) is 0 Å². The molecule has 4 heteroatoms. The summed E-state index contributed by atoms with van der Waals surface area (Å²) in [7, 11) is 0. The Morgan fingerprint density at radius 1 is 0.929 bits per heavy atom. The van der Waals surface area contributed by atoms with Crippen LogP contribution in [0.2, 0.25) is 5.02 Å². The van der Waals surface area contributed by atoms with Gasteiger partial charge in [0.15, 0.2) is 0 Å². The van der Waals surface area contributed by atoms with Crippen LogP contribution in [0.25, 0.3) is 0 Å². The van der Waals surface area contributed by atoms with Gasteiger partial charge in [0.1, 0.15) is 5.75 Å². The van der Waals surface area contributed by atoms with Crippen LogP contribution in [0.4, 0.5) is 8.78 Å². The van der Waals surface area contributed by atoms with Crippen LogP contribution in [0.15, 0.2) is 18.2 Å². The molecule has 0 bridgehead atoms. The van der Waals surface area contributed by atoms with Crippen molar-refractivity contribution in [2.45, 2.75) is 90.6 Å². The Balaban J connectivity index is 1.43. The van der Waals surface area contributed by atoms with E-state index in [1.165, 1.54) is 70.3 Å². The zero-order valence-electron chi connectivity index (χ0n) is 17.1. The van der Waals surface area contributed by atoms with Crippen LogP contribution in [0, 0.1) is 23.7 Å². The van der Waals surface area contributed by atoms with Crippen LogP contribution in [0.1, 0.15) is 83.1 Å². The van der Waals surface area contributed by atoms with Crippen molar-refractivity contribution in [3.8, 4) is 5.75 Å². The molecule has 2 saturated carbocycles. The molecule has 1 aromatic carbocycles. The van der Waals surface area contributed by atoms with Crippen molar-refractivity contribution in [1.82, 2.24) is 0 Å². The zero-order valence-corrected chi connectivity index (χ0v) is 17.9. The molecule has 1 aromatic rings. The molecule has 2 aliphatic carbocycles. The smallest absolute Gasteiger partial charge is 0.387 e. The Bertz CT molecular complexity index is 590. The van der Waals surface area contributed by atoms with E-state index in [1.54, 1.807) is 6.07 Å². The predicted octanol–water partition coefficient (Wildman–Crippen LogP) is 8.29. The molecule has 0 saturated heterocycles. The number of hydrogen-bond donors (Lipinski definition) is 0. The molecule has 28 heavy (non-hydrogen) atoms. The van der Waals surface area contributed by atoms with Gasteiger partial charge in [-0.15, -0.1) is 0 Å². The summed E-state index contributed by atoms with van der Waals surface area (Å²) in [6.45, 7) is -0.500. The first-order valence-electron chi connectivity index (χ1n) is 11.3. The van der Waals surface area contributed by atoms with E-state index in [1.807, 2.05) is 6.07 Å². The third-order valence-electron chi connectivity index (χ3n) is 7.21. The lowest BCUT2D eigenvalue weighted by atomic mass is 9.68. The van der Waals surface area contributed by atoms with Gasteiger partial charge in [-0.1, -0.05) is 63.1 Å². The topological polar surface area (TPSA) is 9.23 Å². The van der Waals surface area contributed by atoms with Crippen LogP contribution < -0.4 is 4.74 Å². The van der Waals surface area contributed by atoms with E-state index in [0.29, 0.717) is 10.9 Å². The molecular weight excluding hydrogens is 378 g/mol. The summed E-state index contributed by atoms with van der Waals surface area (Å²) in [6, 6.07) is 5.11. The molecule has 2 fully saturated rings. The minimum absolute atomic E-state index is 0.236. The Labute approximate surface area is 174 Å². The van der Waals surface area contributed by atoms with Gasteiger partial charge in [-0.25, -0.2) is 0 Å². The van der Waals surface area contributed by atoms with Crippen molar-refractivity contribution in [1.29, 1.82) is 0 Å². The number of aryl methyl sites for hydroxylation is 1. The van der Waals surface area contributed by atoms with Crippen LogP contribution in [0.3, 0.4) is 0 Å². The summed E-state index contributed by atoms with van der Waals surface area (Å²) < 4.78 is 30.0. The molecule has 0 aliphatic heterocycles. The van der Waals surface area contributed by atoms with E-state index in [0.717, 1.165) is 36.2 Å². The molecule has 0 unspecified atom stereocenters. The van der Waals surface area contributed by atoms with Gasteiger partial charge >= 0.3 is 6.61 Å². The molecular formula is C24H35ClF2O. The molecule has 1 nitrogen and oxygen atoms in total. The highest BCUT2D eigenvalue weighted by Gasteiger charge is 2.30. The first-order chi connectivity index (χ1) is 13.5. The number of hydrogen-bond acceptors (Lipinski definition) is 1. The molecule has 0 radical (unpaired) electrons. The zero-order chi connectivity index (χ0) is 19.9. The summed E-state index contributed by atoms with van der Waals surface area (Å²) in [5.41, 5.74) is 0.848. The van der Waals surface area contributed by atoms with Gasteiger partial charge in [0.05, 0.1) is 0 Å². The van der Waals surface area contributed by atoms with Crippen LogP contribution in [0.5, 0.6) is 5.75 Å². The average Bonchev–Trinajstić information content (AvgIpc) is 2.68. The summed E-state index contributed by atoms with van der Waals surface area (Å²) in [6.07, 6.45) is 15.7. The molecule has 3 rings (SSSR count). The van der Waals surface area contributed by atoms with Crippen LogP contribution >= 0.6 is 11.6 Å². The highest BCUT2D eigenvalue weighted by atomic mass is 35.5. The quantitative estimate of drug-likeness (QED) is 0.417. The van der Waals surface area contributed by atoms with Gasteiger partial charge in [0, 0.05) is 5.02 Å². The van der Waals surface area contributed by atoms with Gasteiger partial charge < -0.3 is 4.74 Å². The SMILES string of the molecule is CCCC1CCC(C2CCC(CCc3ccc(Cl)cc3OC(F)F)CC2)CC1. The molecule has 0 spiro atoms. The van der Waals surface area contributed by atoms with Crippen molar-refractivity contribution >= 4 is 11.6 Å². The molecule has 0 heterocycles. The predicted molar refractivity (Wildman–Crippen MR) is 112 cm³/mol. The van der Waals surface area contributed by atoms with E-state index in [4.69, 9.17) is 11.6 Å². The van der Waals surface area contributed by atoms with Crippen LogP contribution in [-0.2, 0) is 6.42 Å². The minimum atomic E-state index is -2.81. The molecule has 0 N–H and O–H groups in total. The molecule has 0 atom stereocenters. The monoisotopic (exact) mass is 412 g/mol. The van der Waals surface area contributed by atoms with Gasteiger partial charge in [-0.2, -0.15) is 8.78 Å². The third-order valence-corrected chi connectivity index (χ3v) is 7.45. The normalized spacial score (nSPS) is 28.5. The standard InChI is InChI=1S/C24H35ClF2O/c1-2-3-17-4-9-19(10-5-17)20-11-6-18(7-12-20)8-13-21-14-15-22(25)16-23(21)28-24(26)27/h14-20,24H,2-13H2,1H3. The number of benzene rings is 1. The average molecular weight is 413 g/mol. The highest BCUT2D eigenvalue weighted by Crippen LogP contribution is 2.43. The lowest BCUT2D eigenvalue weighted by molar-refractivity contribution is -0.0504. The Morgan fingerprint density at radius 3 is 2.04 bits per heavy atom. The second-order valence-electron chi connectivity index (χ2n) is 9.02. The minimum Gasteiger partial charge on any atom is -0.434 e. The fourth-order valence-corrected chi connectivity index (χ4v) is 5.77. The fraction of sp³-hybridized carbons (Fsp3) is 0.750. The Morgan fingerprint density at radius 2 is 1.50 bits per heavy atom. The van der Waals surface area contributed by atoms with E-state index in [2.05, 4.69) is 11.7 Å². The maximum atomic E-state index is 12.6. The number of rotatable bonds is 8. The van der Waals surface area contributed by atoms with Crippen LogP contribution in [-0.4, -0.2) is 6.61 Å². The van der Waals surface area contributed by atoms with E-state index in [-0.39, 0.29) is 5.75 Å². The fourth-order valence-electron chi connectivity index (χ4n) is 5.61. The molecule has 0 amide bonds. The first-order valence-corrected chi connectivity index (χ1v) is 11.7. The maximum Gasteiger partial charge on any atom is 0.387 e. The third kappa shape index (κ3) is 6.34. The summed E-state index contributed by atoms with van der Waals surface area (Å²) in [5.74, 6) is 3.81. The second kappa shape index (κ2) is 10.8.